The zero-order valence-corrected chi connectivity index (χ0v) is 7.99. The van der Waals surface area contributed by atoms with Crippen LogP contribution in [0.15, 0.2) is 36.9 Å². The molecule has 0 fully saturated rings. The van der Waals surface area contributed by atoms with E-state index in [1.807, 2.05) is 36.4 Å². The van der Waals surface area contributed by atoms with Crippen LogP contribution in [-0.2, 0) is 4.79 Å². The Kier molecular flexibility index (Phi) is 10.2. The quantitative estimate of drug-likeness (QED) is 0.461. The number of rotatable bonds is 1. The summed E-state index contributed by atoms with van der Waals surface area (Å²) < 4.78 is 0. The van der Waals surface area contributed by atoms with E-state index >= 15 is 0 Å². The van der Waals surface area contributed by atoms with Crippen LogP contribution in [0.4, 0.5) is 0 Å². The molecule has 0 aromatic heterocycles. The van der Waals surface area contributed by atoms with Crippen molar-refractivity contribution in [3.63, 3.8) is 0 Å². The zero-order valence-electron chi connectivity index (χ0n) is 7.99. The molecule has 3 heteroatoms. The average molecular weight is 170 g/mol. The van der Waals surface area contributed by atoms with E-state index < -0.39 is 5.97 Å². The molecule has 13 heavy (non-hydrogen) atoms. The number of benzene rings is 1. The van der Waals surface area contributed by atoms with Gasteiger partial charge in [-0.3, -0.25) is 0 Å². The first-order valence-corrected chi connectivity index (χ1v) is 3.52. The Bertz CT molecular complexity index is 240. The molecule has 0 N–H and O–H groups in total. The summed E-state index contributed by atoms with van der Waals surface area (Å²) in [5.41, 5.74) is 1.17. The van der Waals surface area contributed by atoms with Crippen molar-refractivity contribution in [2.45, 2.75) is 6.92 Å². The van der Waals surface area contributed by atoms with Gasteiger partial charge in [0.25, 0.3) is 0 Å². The third-order valence-corrected chi connectivity index (χ3v) is 1.04. The van der Waals surface area contributed by atoms with Gasteiger partial charge in [0.15, 0.2) is 0 Å². The van der Waals surface area contributed by atoms with Crippen molar-refractivity contribution in [2.24, 2.45) is 0 Å². The van der Waals surface area contributed by atoms with Crippen LogP contribution >= 0.6 is 0 Å². The maximum absolute atomic E-state index is 8.89. The van der Waals surface area contributed by atoms with E-state index in [0.717, 1.165) is 6.92 Å². The fraction of sp³-hybridized carbons (Fsp3) is 0.100. The van der Waals surface area contributed by atoms with Crippen LogP contribution in [0.5, 0.6) is 0 Å². The maximum Gasteiger partial charge on any atom is 1.00 e. The Hall–Kier alpha value is -0.973. The zero-order chi connectivity index (χ0) is 9.40. The molecule has 0 saturated carbocycles. The molecule has 1 rings (SSSR count). The third-order valence-electron chi connectivity index (χ3n) is 1.04. The van der Waals surface area contributed by atoms with Crippen molar-refractivity contribution < 1.29 is 28.8 Å². The summed E-state index contributed by atoms with van der Waals surface area (Å²) in [5, 5.41) is 8.89. The van der Waals surface area contributed by atoms with Crippen LogP contribution in [0.3, 0.4) is 0 Å². The van der Waals surface area contributed by atoms with Crippen LogP contribution in [0.1, 0.15) is 12.5 Å². The van der Waals surface area contributed by atoms with Crippen molar-refractivity contribution >= 4 is 12.0 Å². The van der Waals surface area contributed by atoms with Crippen molar-refractivity contribution in [1.29, 1.82) is 0 Å². The van der Waals surface area contributed by atoms with Crippen molar-refractivity contribution in [2.75, 3.05) is 0 Å². The number of hydrogen-bond acceptors (Lipinski definition) is 2. The van der Waals surface area contributed by atoms with E-state index in [9.17, 15) is 0 Å². The summed E-state index contributed by atoms with van der Waals surface area (Å²) in [6.45, 7) is 4.60. The molecule has 1 aromatic carbocycles. The number of carbonyl (C=O) groups is 1. The minimum absolute atomic E-state index is 0. The van der Waals surface area contributed by atoms with Gasteiger partial charge >= 0.3 is 18.9 Å². The maximum atomic E-state index is 8.89. The Labute approximate surface area is 90.5 Å². The minimum atomic E-state index is -1.08. The molecule has 0 aliphatic rings. The van der Waals surface area contributed by atoms with Gasteiger partial charge in [0.05, 0.1) is 0 Å². The standard InChI is InChI=1S/C8H8.C2H4O2.Li/c1-2-8-6-4-3-5-7-8;1-2(3)4;/h2-7H,1H2;1H3,(H,3,4);/q;;+1/p-1. The van der Waals surface area contributed by atoms with Crippen LogP contribution in [0.25, 0.3) is 6.08 Å². The topological polar surface area (TPSA) is 40.1 Å². The normalized spacial score (nSPS) is 7.15. The molecule has 0 amide bonds. The summed E-state index contributed by atoms with van der Waals surface area (Å²) in [7, 11) is 0. The average Bonchev–Trinajstić information content (AvgIpc) is 2.05. The molecule has 0 spiro atoms. The molecule has 0 aliphatic heterocycles. The van der Waals surface area contributed by atoms with E-state index in [-0.39, 0.29) is 18.9 Å². The molecular weight excluding hydrogens is 159 g/mol. The van der Waals surface area contributed by atoms with Crippen molar-refractivity contribution in [1.82, 2.24) is 0 Å². The van der Waals surface area contributed by atoms with Crippen molar-refractivity contribution in [3.8, 4) is 0 Å². The molecular formula is C10H11LiO2. The predicted octanol–water partition coefficient (Wildman–Crippen LogP) is -1.91. The van der Waals surface area contributed by atoms with Gasteiger partial charge in [0.1, 0.15) is 0 Å². The Balaban J connectivity index is 0. The first-order chi connectivity index (χ1) is 5.66. The summed E-state index contributed by atoms with van der Waals surface area (Å²) in [4.78, 5) is 8.89. The molecule has 0 heterocycles. The summed E-state index contributed by atoms with van der Waals surface area (Å²) in [6.07, 6.45) is 1.83. The minimum Gasteiger partial charge on any atom is -0.550 e. The fourth-order valence-electron chi connectivity index (χ4n) is 0.589. The van der Waals surface area contributed by atoms with Gasteiger partial charge in [-0.15, -0.1) is 0 Å². The van der Waals surface area contributed by atoms with Gasteiger partial charge in [-0.2, -0.15) is 0 Å². The second-order valence-corrected chi connectivity index (χ2v) is 2.11. The van der Waals surface area contributed by atoms with Gasteiger partial charge in [-0.1, -0.05) is 43.0 Å². The summed E-state index contributed by atoms with van der Waals surface area (Å²) in [5.74, 6) is -1.08. The second kappa shape index (κ2) is 9.12. The number of carboxylic acid groups (broad SMARTS) is 1. The Morgan fingerprint density at radius 3 is 2.00 bits per heavy atom. The van der Waals surface area contributed by atoms with Gasteiger partial charge in [-0.05, 0) is 12.5 Å². The molecule has 2 nitrogen and oxygen atoms in total. The van der Waals surface area contributed by atoms with Gasteiger partial charge < -0.3 is 9.90 Å². The van der Waals surface area contributed by atoms with Crippen LogP contribution in [0, 0.1) is 0 Å². The van der Waals surface area contributed by atoms with E-state index in [2.05, 4.69) is 6.58 Å². The molecule has 0 aliphatic carbocycles. The molecule has 0 atom stereocenters. The Morgan fingerprint density at radius 1 is 1.38 bits per heavy atom. The first kappa shape index (κ1) is 14.5. The Morgan fingerprint density at radius 2 is 1.77 bits per heavy atom. The van der Waals surface area contributed by atoms with Gasteiger partial charge in [-0.25, -0.2) is 0 Å². The third kappa shape index (κ3) is 11.0. The molecule has 0 saturated heterocycles. The molecule has 0 radical (unpaired) electrons. The first-order valence-electron chi connectivity index (χ1n) is 3.52. The number of carboxylic acids is 1. The van der Waals surface area contributed by atoms with E-state index in [4.69, 9.17) is 9.90 Å². The van der Waals surface area contributed by atoms with E-state index in [0.29, 0.717) is 0 Å². The monoisotopic (exact) mass is 170 g/mol. The van der Waals surface area contributed by atoms with E-state index in [1.54, 1.807) is 0 Å². The van der Waals surface area contributed by atoms with Crippen LogP contribution in [-0.4, -0.2) is 5.97 Å². The smallest absolute Gasteiger partial charge is 0.550 e. The SMILES string of the molecule is C=Cc1ccccc1.CC(=O)[O-].[Li+]. The predicted molar refractivity (Wildman–Crippen MR) is 47.2 cm³/mol. The van der Waals surface area contributed by atoms with Gasteiger partial charge in [0, 0.05) is 5.97 Å². The molecule has 64 valence electrons. The number of aliphatic carboxylic acids is 1. The van der Waals surface area contributed by atoms with Crippen LogP contribution in [0.2, 0.25) is 0 Å². The molecule has 0 bridgehead atoms. The number of hydrogen-bond donors (Lipinski definition) is 0. The fourth-order valence-corrected chi connectivity index (χ4v) is 0.589. The van der Waals surface area contributed by atoms with Crippen LogP contribution < -0.4 is 24.0 Å². The molecule has 1 aromatic rings. The number of carbonyl (C=O) groups excluding carboxylic acids is 1. The second-order valence-electron chi connectivity index (χ2n) is 2.11. The largest absolute Gasteiger partial charge is 1.00 e. The molecule has 0 unspecified atom stereocenters. The van der Waals surface area contributed by atoms with Crippen molar-refractivity contribution in [3.05, 3.63) is 42.5 Å². The van der Waals surface area contributed by atoms with E-state index in [1.165, 1.54) is 5.56 Å². The summed E-state index contributed by atoms with van der Waals surface area (Å²) in [6, 6.07) is 10.0. The summed E-state index contributed by atoms with van der Waals surface area (Å²) >= 11 is 0. The van der Waals surface area contributed by atoms with Gasteiger partial charge in [0.2, 0.25) is 0 Å².